The highest BCUT2D eigenvalue weighted by Crippen LogP contribution is 2.33. The van der Waals surface area contributed by atoms with Crippen molar-refractivity contribution in [1.82, 2.24) is 4.90 Å². The van der Waals surface area contributed by atoms with E-state index in [2.05, 4.69) is 0 Å². The maximum Gasteiger partial charge on any atom is 0.407 e. The van der Waals surface area contributed by atoms with E-state index in [0.29, 0.717) is 13.0 Å². The fraction of sp³-hybridized carbons (Fsp3) is 0.667. The Bertz CT molecular complexity index is 354. The van der Waals surface area contributed by atoms with E-state index in [4.69, 9.17) is 0 Å². The van der Waals surface area contributed by atoms with Crippen LogP contribution in [-0.4, -0.2) is 39.6 Å². The highest BCUT2D eigenvalue weighted by atomic mass is 16.4. The Labute approximate surface area is 101 Å². The summed E-state index contributed by atoms with van der Waals surface area (Å²) in [4.78, 5) is 24.3. The van der Waals surface area contributed by atoms with Crippen molar-refractivity contribution in [2.75, 3.05) is 6.54 Å². The third-order valence-corrected chi connectivity index (χ3v) is 2.94. The Morgan fingerprint density at radius 2 is 2.06 bits per heavy atom. The molecule has 1 aliphatic rings. The predicted molar refractivity (Wildman–Crippen MR) is 62.9 cm³/mol. The number of carboxylic acid groups (broad SMARTS) is 1. The van der Waals surface area contributed by atoms with Gasteiger partial charge in [0.05, 0.1) is 17.9 Å². The number of aliphatic hydroxyl groups excluding tert-OH is 1. The topological polar surface area (TPSA) is 77.8 Å². The average molecular weight is 241 g/mol. The third-order valence-electron chi connectivity index (χ3n) is 2.94. The number of amides is 1. The maximum absolute atomic E-state index is 11.8. The van der Waals surface area contributed by atoms with Gasteiger partial charge >= 0.3 is 6.09 Å². The molecule has 1 rings (SSSR count). The van der Waals surface area contributed by atoms with Gasteiger partial charge in [0, 0.05) is 13.0 Å². The lowest BCUT2D eigenvalue weighted by molar-refractivity contribution is -0.116. The molecule has 5 heteroatoms. The molecule has 0 aliphatic carbocycles. The molecule has 2 N–H and O–H groups in total. The summed E-state index contributed by atoms with van der Waals surface area (Å²) >= 11 is 0. The van der Waals surface area contributed by atoms with E-state index in [1.165, 1.54) is 4.90 Å². The summed E-state index contributed by atoms with van der Waals surface area (Å²) < 4.78 is 0. The Morgan fingerprint density at radius 1 is 1.47 bits per heavy atom. The summed E-state index contributed by atoms with van der Waals surface area (Å²) in [5, 5.41) is 18.4. The average Bonchev–Trinajstić information content (AvgIpc) is 2.35. The first-order valence-electron chi connectivity index (χ1n) is 5.66. The molecule has 1 atom stereocenters. The van der Waals surface area contributed by atoms with E-state index in [9.17, 15) is 19.8 Å². The summed E-state index contributed by atoms with van der Waals surface area (Å²) in [5.74, 6) is -0.170. The van der Waals surface area contributed by atoms with Gasteiger partial charge in [0.15, 0.2) is 5.78 Å². The number of hydrogen-bond donors (Lipinski definition) is 2. The molecule has 17 heavy (non-hydrogen) atoms. The Kier molecular flexibility index (Phi) is 3.80. The number of carbonyl (C=O) groups is 2. The normalized spacial score (nSPS) is 24.9. The van der Waals surface area contributed by atoms with E-state index in [-0.39, 0.29) is 17.8 Å². The summed E-state index contributed by atoms with van der Waals surface area (Å²) in [6.07, 6.45) is 0.483. The van der Waals surface area contributed by atoms with Crippen LogP contribution in [0.2, 0.25) is 0 Å². The Hall–Kier alpha value is -1.52. The second-order valence-electron chi connectivity index (χ2n) is 5.36. The molecule has 1 heterocycles. The molecular formula is C12H19NO4. The molecule has 0 saturated carbocycles. The van der Waals surface area contributed by atoms with Crippen molar-refractivity contribution in [3.05, 3.63) is 11.8 Å². The minimum absolute atomic E-state index is 0.170. The van der Waals surface area contributed by atoms with Gasteiger partial charge in [-0.1, -0.05) is 20.8 Å². The number of rotatable bonds is 0. The lowest BCUT2D eigenvalue weighted by atomic mass is 9.80. The van der Waals surface area contributed by atoms with Crippen molar-refractivity contribution in [3.8, 4) is 0 Å². The monoisotopic (exact) mass is 241 g/mol. The van der Waals surface area contributed by atoms with Gasteiger partial charge in [-0.3, -0.25) is 4.79 Å². The quantitative estimate of drug-likeness (QED) is 0.503. The molecule has 0 bridgehead atoms. The molecular weight excluding hydrogens is 222 g/mol. The van der Waals surface area contributed by atoms with E-state index >= 15 is 0 Å². The van der Waals surface area contributed by atoms with Crippen LogP contribution < -0.4 is 0 Å². The number of nitrogens with zero attached hydrogens (tertiary/aromatic N) is 1. The van der Waals surface area contributed by atoms with Crippen LogP contribution >= 0.6 is 0 Å². The molecule has 1 saturated heterocycles. The first-order valence-corrected chi connectivity index (χ1v) is 5.66. The van der Waals surface area contributed by atoms with Gasteiger partial charge in [-0.25, -0.2) is 4.79 Å². The highest BCUT2D eigenvalue weighted by molar-refractivity contribution is 5.97. The van der Waals surface area contributed by atoms with Gasteiger partial charge < -0.3 is 15.1 Å². The number of likely N-dealkylation sites (tertiary alicyclic amines) is 1. The Balaban J connectivity index is 3.24. The van der Waals surface area contributed by atoms with Gasteiger partial charge in [-0.2, -0.15) is 0 Å². The van der Waals surface area contributed by atoms with E-state index < -0.39 is 17.6 Å². The first kappa shape index (κ1) is 13.5. The second-order valence-corrected chi connectivity index (χ2v) is 5.36. The molecule has 5 nitrogen and oxygen atoms in total. The molecule has 96 valence electrons. The van der Waals surface area contributed by atoms with Crippen LogP contribution in [-0.2, 0) is 4.79 Å². The minimum Gasteiger partial charge on any atom is -0.515 e. The van der Waals surface area contributed by atoms with E-state index in [1.54, 1.807) is 0 Å². The van der Waals surface area contributed by atoms with Gasteiger partial charge in [0.25, 0.3) is 0 Å². The zero-order valence-corrected chi connectivity index (χ0v) is 10.4. The van der Waals surface area contributed by atoms with Gasteiger partial charge in [0.2, 0.25) is 0 Å². The summed E-state index contributed by atoms with van der Waals surface area (Å²) in [7, 11) is 0. The van der Waals surface area contributed by atoms with Crippen LogP contribution in [0.5, 0.6) is 0 Å². The van der Waals surface area contributed by atoms with Gasteiger partial charge in [0.1, 0.15) is 0 Å². The number of aliphatic hydroxyl groups is 1. The van der Waals surface area contributed by atoms with Crippen molar-refractivity contribution in [1.29, 1.82) is 0 Å². The fourth-order valence-corrected chi connectivity index (χ4v) is 2.29. The summed E-state index contributed by atoms with van der Waals surface area (Å²) in [6, 6.07) is -0.597. The van der Waals surface area contributed by atoms with Crippen LogP contribution in [0.25, 0.3) is 0 Å². The molecule has 0 radical (unpaired) electrons. The fourth-order valence-electron chi connectivity index (χ4n) is 2.29. The van der Waals surface area contributed by atoms with Crippen molar-refractivity contribution in [2.45, 2.75) is 39.7 Å². The third kappa shape index (κ3) is 2.78. The molecule has 1 amide bonds. The highest BCUT2D eigenvalue weighted by Gasteiger charge is 2.40. The van der Waals surface area contributed by atoms with Crippen molar-refractivity contribution in [2.24, 2.45) is 5.41 Å². The second kappa shape index (κ2) is 4.77. The molecule has 0 aromatic carbocycles. The molecule has 0 spiro atoms. The number of hydrogen-bond acceptors (Lipinski definition) is 3. The van der Waals surface area contributed by atoms with Crippen molar-refractivity contribution in [3.63, 3.8) is 0 Å². The van der Waals surface area contributed by atoms with Crippen molar-refractivity contribution < 1.29 is 19.8 Å². The van der Waals surface area contributed by atoms with Crippen LogP contribution in [0.4, 0.5) is 4.79 Å². The molecule has 1 unspecified atom stereocenters. The molecule has 0 aromatic heterocycles. The lowest BCUT2D eigenvalue weighted by Crippen LogP contribution is -2.48. The number of Topliss-reactive ketones (excluding diaryl/α,β-unsaturated/α-hetero) is 1. The zero-order valence-electron chi connectivity index (χ0n) is 10.4. The van der Waals surface area contributed by atoms with Crippen LogP contribution in [0.3, 0.4) is 0 Å². The lowest BCUT2D eigenvalue weighted by Gasteiger charge is -2.37. The zero-order chi connectivity index (χ0) is 13.2. The predicted octanol–water partition coefficient (Wildman–Crippen LogP) is 2.19. The standard InChI is InChI=1S/C12H19NO4/c1-12(2,3)10-8(7-14)9(15)5-4-6-13(10)11(16)17/h7,10,14H,4-6H2,1-3H3,(H,16,17). The minimum atomic E-state index is -1.06. The smallest absolute Gasteiger partial charge is 0.407 e. The van der Waals surface area contributed by atoms with E-state index in [0.717, 1.165) is 6.26 Å². The van der Waals surface area contributed by atoms with Crippen LogP contribution in [0, 0.1) is 5.41 Å². The van der Waals surface area contributed by atoms with Gasteiger partial charge in [-0.05, 0) is 11.8 Å². The number of carbonyl (C=O) groups excluding carboxylic acids is 1. The van der Waals surface area contributed by atoms with Crippen molar-refractivity contribution >= 4 is 11.9 Å². The van der Waals surface area contributed by atoms with Gasteiger partial charge in [-0.15, -0.1) is 0 Å². The maximum atomic E-state index is 11.8. The SMILES string of the molecule is CC(C)(C)C1C(=CO)C(=O)CCCN1C(=O)O. The van der Waals surface area contributed by atoms with E-state index in [1.807, 2.05) is 20.8 Å². The molecule has 1 aliphatic heterocycles. The summed E-state index contributed by atoms with van der Waals surface area (Å²) in [6.45, 7) is 5.89. The summed E-state index contributed by atoms with van der Waals surface area (Å²) in [5.41, 5.74) is -0.246. The van der Waals surface area contributed by atoms with Crippen LogP contribution in [0.1, 0.15) is 33.6 Å². The molecule has 0 aromatic rings. The largest absolute Gasteiger partial charge is 0.515 e. The molecule has 1 fully saturated rings. The Morgan fingerprint density at radius 3 is 2.47 bits per heavy atom. The first-order chi connectivity index (χ1) is 7.79. The van der Waals surface area contributed by atoms with Crippen LogP contribution in [0.15, 0.2) is 11.8 Å². The number of ketones is 1.